The molecule has 0 bridgehead atoms. The summed E-state index contributed by atoms with van der Waals surface area (Å²) in [7, 11) is 1.36. The second-order valence-corrected chi connectivity index (χ2v) is 5.64. The largest absolute Gasteiger partial charge is 0.390 e. The van der Waals surface area contributed by atoms with Crippen molar-refractivity contribution in [2.45, 2.75) is 25.1 Å². The van der Waals surface area contributed by atoms with Crippen LogP contribution in [0.5, 0.6) is 0 Å². The maximum absolute atomic E-state index is 12.2. The van der Waals surface area contributed by atoms with Crippen LogP contribution >= 0.6 is 0 Å². The van der Waals surface area contributed by atoms with E-state index in [1.165, 1.54) is 19.3 Å². The number of nitrogens with one attached hydrogen (secondary N) is 1. The first kappa shape index (κ1) is 15.2. The Morgan fingerprint density at radius 1 is 1.30 bits per heavy atom. The Balaban J connectivity index is 1.77. The first-order chi connectivity index (χ1) is 11.0. The van der Waals surface area contributed by atoms with Gasteiger partial charge in [0.25, 0.3) is 5.56 Å². The number of nitrogens with zero attached hydrogens (tertiary/aromatic N) is 2. The third-order valence-electron chi connectivity index (χ3n) is 4.09. The molecule has 0 saturated carbocycles. The Kier molecular flexibility index (Phi) is 3.87. The molecule has 1 aromatic heterocycles. The van der Waals surface area contributed by atoms with Crippen molar-refractivity contribution in [2.24, 2.45) is 7.05 Å². The third-order valence-corrected chi connectivity index (χ3v) is 4.09. The highest BCUT2D eigenvalue weighted by atomic mass is 16.3. The first-order valence-electron chi connectivity index (χ1n) is 7.29. The summed E-state index contributed by atoms with van der Waals surface area (Å²) in [4.78, 5) is 35.5. The van der Waals surface area contributed by atoms with E-state index in [0.29, 0.717) is 6.42 Å². The van der Waals surface area contributed by atoms with E-state index in [1.54, 1.807) is 0 Å². The standard InChI is InChI=1S/C16H17N3O4/c1-18-14(22)6-7-19(16(18)23)9-13(21)17-15-11-5-3-2-4-10(11)8-12(15)20/h2-7,12,15,20H,8-9H2,1H3,(H,17,21)/t12-,15+/m0/s1. The van der Waals surface area contributed by atoms with E-state index in [4.69, 9.17) is 0 Å². The average Bonchev–Trinajstić information content (AvgIpc) is 2.84. The molecule has 120 valence electrons. The van der Waals surface area contributed by atoms with Crippen molar-refractivity contribution in [3.8, 4) is 0 Å². The molecule has 7 heteroatoms. The highest BCUT2D eigenvalue weighted by Gasteiger charge is 2.31. The quantitative estimate of drug-likeness (QED) is 0.785. The van der Waals surface area contributed by atoms with Gasteiger partial charge in [-0.1, -0.05) is 24.3 Å². The third kappa shape index (κ3) is 2.83. The SMILES string of the molecule is Cn1c(=O)ccn(CC(=O)N[C@@H]2c3ccccc3C[C@@H]2O)c1=O. The minimum absolute atomic E-state index is 0.210. The lowest BCUT2D eigenvalue weighted by molar-refractivity contribution is -0.123. The van der Waals surface area contributed by atoms with Gasteiger partial charge in [0.05, 0.1) is 12.1 Å². The monoisotopic (exact) mass is 315 g/mol. The van der Waals surface area contributed by atoms with Crippen LogP contribution in [0.2, 0.25) is 0 Å². The van der Waals surface area contributed by atoms with Gasteiger partial charge in [-0.25, -0.2) is 4.79 Å². The maximum atomic E-state index is 12.2. The number of carbonyl (C=O) groups excluding carboxylic acids is 1. The molecule has 3 rings (SSSR count). The van der Waals surface area contributed by atoms with Gasteiger partial charge in [-0.15, -0.1) is 0 Å². The van der Waals surface area contributed by atoms with E-state index in [2.05, 4.69) is 5.32 Å². The minimum Gasteiger partial charge on any atom is -0.390 e. The number of aliphatic hydroxyl groups is 1. The number of carbonyl (C=O) groups is 1. The number of aromatic nitrogens is 2. The van der Waals surface area contributed by atoms with Crippen LogP contribution in [-0.2, 0) is 24.8 Å². The van der Waals surface area contributed by atoms with Crippen LogP contribution in [0.15, 0.2) is 46.1 Å². The van der Waals surface area contributed by atoms with Crippen LogP contribution in [0.25, 0.3) is 0 Å². The summed E-state index contributed by atoms with van der Waals surface area (Å²) in [5.74, 6) is -0.397. The lowest BCUT2D eigenvalue weighted by atomic mass is 10.1. The fraction of sp³-hybridized carbons (Fsp3) is 0.312. The molecule has 0 spiro atoms. The molecule has 0 radical (unpaired) electrons. The molecule has 23 heavy (non-hydrogen) atoms. The van der Waals surface area contributed by atoms with Crippen molar-refractivity contribution in [1.82, 2.24) is 14.5 Å². The molecule has 7 nitrogen and oxygen atoms in total. The predicted molar refractivity (Wildman–Crippen MR) is 83.0 cm³/mol. The maximum Gasteiger partial charge on any atom is 0.331 e. The number of amides is 1. The van der Waals surface area contributed by atoms with Gasteiger partial charge in [0.2, 0.25) is 5.91 Å². The van der Waals surface area contributed by atoms with Crippen molar-refractivity contribution in [3.05, 3.63) is 68.5 Å². The lowest BCUT2D eigenvalue weighted by Crippen LogP contribution is -2.42. The van der Waals surface area contributed by atoms with E-state index in [9.17, 15) is 19.5 Å². The zero-order valence-corrected chi connectivity index (χ0v) is 12.6. The van der Waals surface area contributed by atoms with Gasteiger partial charge in [0, 0.05) is 25.7 Å². The van der Waals surface area contributed by atoms with Crippen LogP contribution in [0.3, 0.4) is 0 Å². The molecule has 2 aromatic rings. The molecule has 0 fully saturated rings. The Morgan fingerprint density at radius 2 is 2.04 bits per heavy atom. The Bertz CT molecular complexity index is 868. The summed E-state index contributed by atoms with van der Waals surface area (Å²) in [6.07, 6.45) is 1.10. The fourth-order valence-electron chi connectivity index (χ4n) is 2.86. The fourth-order valence-corrected chi connectivity index (χ4v) is 2.86. The molecule has 1 aliphatic carbocycles. The molecular formula is C16H17N3O4. The van der Waals surface area contributed by atoms with Gasteiger partial charge < -0.3 is 10.4 Å². The highest BCUT2D eigenvalue weighted by Crippen LogP contribution is 2.31. The molecule has 1 amide bonds. The number of fused-ring (bicyclic) bond motifs is 1. The molecular weight excluding hydrogens is 298 g/mol. The van der Waals surface area contributed by atoms with Crippen molar-refractivity contribution in [2.75, 3.05) is 0 Å². The molecule has 0 unspecified atom stereocenters. The topological polar surface area (TPSA) is 93.3 Å². The van der Waals surface area contributed by atoms with Crippen LogP contribution in [0.1, 0.15) is 17.2 Å². The van der Waals surface area contributed by atoms with Crippen molar-refractivity contribution < 1.29 is 9.90 Å². The van der Waals surface area contributed by atoms with Gasteiger partial charge in [-0.05, 0) is 11.1 Å². The molecule has 2 atom stereocenters. The zero-order valence-electron chi connectivity index (χ0n) is 12.6. The molecule has 0 saturated heterocycles. The van der Waals surface area contributed by atoms with Gasteiger partial charge in [-0.3, -0.25) is 18.7 Å². The van der Waals surface area contributed by atoms with E-state index in [0.717, 1.165) is 20.3 Å². The van der Waals surface area contributed by atoms with Crippen LogP contribution in [-0.4, -0.2) is 26.3 Å². The van der Waals surface area contributed by atoms with Gasteiger partial charge >= 0.3 is 5.69 Å². The van der Waals surface area contributed by atoms with E-state index in [1.807, 2.05) is 24.3 Å². The molecule has 1 heterocycles. The number of rotatable bonds is 3. The first-order valence-corrected chi connectivity index (χ1v) is 7.29. The zero-order chi connectivity index (χ0) is 16.6. The number of hydrogen-bond donors (Lipinski definition) is 2. The second kappa shape index (κ2) is 5.85. The Hall–Kier alpha value is -2.67. The highest BCUT2D eigenvalue weighted by molar-refractivity contribution is 5.76. The minimum atomic E-state index is -0.687. The van der Waals surface area contributed by atoms with Crippen LogP contribution < -0.4 is 16.6 Å². The predicted octanol–water partition coefficient (Wildman–Crippen LogP) is -0.679. The van der Waals surface area contributed by atoms with Crippen molar-refractivity contribution in [1.29, 1.82) is 0 Å². The average molecular weight is 315 g/mol. The summed E-state index contributed by atoms with van der Waals surface area (Å²) in [6.45, 7) is -0.210. The normalized spacial score (nSPS) is 19.4. The molecule has 1 aliphatic rings. The van der Waals surface area contributed by atoms with E-state index in [-0.39, 0.29) is 6.54 Å². The Labute approximate surface area is 131 Å². The number of hydrogen-bond acceptors (Lipinski definition) is 4. The van der Waals surface area contributed by atoms with Crippen LogP contribution in [0, 0.1) is 0 Å². The molecule has 1 aromatic carbocycles. The lowest BCUT2D eigenvalue weighted by Gasteiger charge is -2.18. The summed E-state index contributed by atoms with van der Waals surface area (Å²) in [5, 5.41) is 12.9. The van der Waals surface area contributed by atoms with Gasteiger partial charge in [-0.2, -0.15) is 0 Å². The van der Waals surface area contributed by atoms with Crippen molar-refractivity contribution >= 4 is 5.91 Å². The summed E-state index contributed by atoms with van der Waals surface area (Å²) in [5.41, 5.74) is 0.914. The number of aliphatic hydroxyl groups excluding tert-OH is 1. The van der Waals surface area contributed by atoms with Gasteiger partial charge in [0.15, 0.2) is 0 Å². The molecule has 0 aliphatic heterocycles. The summed E-state index contributed by atoms with van der Waals surface area (Å²) in [6, 6.07) is 8.28. The van der Waals surface area contributed by atoms with Gasteiger partial charge in [0.1, 0.15) is 6.54 Å². The second-order valence-electron chi connectivity index (χ2n) is 5.64. The van der Waals surface area contributed by atoms with E-state index >= 15 is 0 Å². The van der Waals surface area contributed by atoms with E-state index < -0.39 is 29.3 Å². The number of benzene rings is 1. The summed E-state index contributed by atoms with van der Waals surface area (Å²) < 4.78 is 2.09. The summed E-state index contributed by atoms with van der Waals surface area (Å²) >= 11 is 0. The Morgan fingerprint density at radius 3 is 2.83 bits per heavy atom. The van der Waals surface area contributed by atoms with Crippen LogP contribution in [0.4, 0.5) is 0 Å². The smallest absolute Gasteiger partial charge is 0.331 e. The van der Waals surface area contributed by atoms with Crippen molar-refractivity contribution in [3.63, 3.8) is 0 Å². The molecule has 2 N–H and O–H groups in total.